The minimum atomic E-state index is -4.29. The quantitative estimate of drug-likeness (QED) is 0.711. The van der Waals surface area contributed by atoms with E-state index in [4.69, 9.17) is 0 Å². The molecule has 0 amide bonds. The lowest BCUT2D eigenvalue weighted by Gasteiger charge is -2.10. The van der Waals surface area contributed by atoms with E-state index in [0.717, 1.165) is 6.08 Å². The summed E-state index contributed by atoms with van der Waals surface area (Å²) >= 11 is 0. The van der Waals surface area contributed by atoms with Crippen molar-refractivity contribution in [1.29, 1.82) is 0 Å². The smallest absolute Gasteiger partial charge is 0.264 e. The molecule has 0 saturated heterocycles. The van der Waals surface area contributed by atoms with Crippen molar-refractivity contribution in [1.82, 2.24) is 4.98 Å². The second-order valence-corrected chi connectivity index (χ2v) is 3.29. The van der Waals surface area contributed by atoms with E-state index in [9.17, 15) is 13.2 Å². The van der Waals surface area contributed by atoms with Gasteiger partial charge in [0.1, 0.15) is 0 Å². The van der Waals surface area contributed by atoms with Crippen LogP contribution in [0.3, 0.4) is 0 Å². The highest BCUT2D eigenvalue weighted by Crippen LogP contribution is 2.30. The molecule has 1 nitrogen and oxygen atoms in total. The molecule has 86 valence electrons. The van der Waals surface area contributed by atoms with Gasteiger partial charge in [-0.1, -0.05) is 19.6 Å². The molecule has 0 aliphatic heterocycles. The Bertz CT molecular complexity index is 390. The molecule has 1 rings (SSSR count). The molecule has 16 heavy (non-hydrogen) atoms. The summed E-state index contributed by atoms with van der Waals surface area (Å²) in [6, 6.07) is 3.34. The zero-order valence-corrected chi connectivity index (χ0v) is 8.88. The molecule has 1 aromatic heterocycles. The van der Waals surface area contributed by atoms with Crippen LogP contribution in [0.15, 0.2) is 42.8 Å². The van der Waals surface area contributed by atoms with Crippen LogP contribution in [0.25, 0.3) is 5.57 Å². The second-order valence-electron chi connectivity index (χ2n) is 3.29. The van der Waals surface area contributed by atoms with E-state index < -0.39 is 11.7 Å². The molecule has 0 atom stereocenters. The minimum absolute atomic E-state index is 0.0667. The van der Waals surface area contributed by atoms with Crippen LogP contribution in [0, 0.1) is 0 Å². The average Bonchev–Trinajstić information content (AvgIpc) is 2.25. The molecule has 0 bridgehead atoms. The van der Waals surface area contributed by atoms with E-state index >= 15 is 0 Å². The lowest BCUT2D eigenvalue weighted by atomic mass is 10.0. The van der Waals surface area contributed by atoms with Gasteiger partial charge in [-0.05, 0) is 29.7 Å². The highest BCUT2D eigenvalue weighted by Gasteiger charge is 2.31. The average molecular weight is 227 g/mol. The Labute approximate surface area is 92.3 Å². The third-order valence-electron chi connectivity index (χ3n) is 2.13. The fourth-order valence-corrected chi connectivity index (χ4v) is 1.23. The maximum Gasteiger partial charge on any atom is 0.412 e. The Morgan fingerprint density at radius 2 is 2.19 bits per heavy atom. The summed E-state index contributed by atoms with van der Waals surface area (Å²) < 4.78 is 37.4. The lowest BCUT2D eigenvalue weighted by Crippen LogP contribution is -2.11. The van der Waals surface area contributed by atoms with Gasteiger partial charge in [0.15, 0.2) is 0 Å². The number of pyridine rings is 1. The molecule has 0 spiro atoms. The number of hydrogen-bond donors (Lipinski definition) is 0. The van der Waals surface area contributed by atoms with Crippen LogP contribution < -0.4 is 0 Å². The van der Waals surface area contributed by atoms with Gasteiger partial charge in [0.2, 0.25) is 0 Å². The third-order valence-corrected chi connectivity index (χ3v) is 2.13. The van der Waals surface area contributed by atoms with Crippen LogP contribution in [-0.2, 0) is 0 Å². The number of hydrogen-bond acceptors (Lipinski definition) is 1. The van der Waals surface area contributed by atoms with Crippen LogP contribution in [0.4, 0.5) is 13.2 Å². The van der Waals surface area contributed by atoms with Crippen LogP contribution >= 0.6 is 0 Å². The van der Waals surface area contributed by atoms with E-state index in [-0.39, 0.29) is 6.42 Å². The second kappa shape index (κ2) is 4.96. The van der Waals surface area contributed by atoms with Gasteiger partial charge in [-0.25, -0.2) is 0 Å². The zero-order valence-electron chi connectivity index (χ0n) is 8.88. The lowest BCUT2D eigenvalue weighted by molar-refractivity contribution is -0.0934. The topological polar surface area (TPSA) is 12.9 Å². The predicted octanol–water partition coefficient (Wildman–Crippen LogP) is 3.99. The first-order valence-electron chi connectivity index (χ1n) is 4.82. The number of nitrogens with zero attached hydrogens (tertiary/aromatic N) is 1. The van der Waals surface area contributed by atoms with Crippen molar-refractivity contribution in [2.75, 3.05) is 0 Å². The van der Waals surface area contributed by atoms with Crippen molar-refractivity contribution in [3.63, 3.8) is 0 Å². The van der Waals surface area contributed by atoms with Crippen molar-refractivity contribution in [2.24, 2.45) is 0 Å². The van der Waals surface area contributed by atoms with Gasteiger partial charge in [0.05, 0.1) is 0 Å². The maximum atomic E-state index is 12.5. The fourth-order valence-electron chi connectivity index (χ4n) is 1.23. The number of rotatable bonds is 3. The summed E-state index contributed by atoms with van der Waals surface area (Å²) in [5.74, 6) is 0. The molecule has 0 unspecified atom stereocenters. The summed E-state index contributed by atoms with van der Waals surface area (Å²) in [5.41, 5.74) is 0.335. The number of allylic oxidation sites excluding steroid dienone is 3. The molecule has 1 heterocycles. The van der Waals surface area contributed by atoms with Gasteiger partial charge < -0.3 is 0 Å². The fraction of sp³-hybridized carbons (Fsp3) is 0.250. The van der Waals surface area contributed by atoms with Crippen molar-refractivity contribution in [3.8, 4) is 0 Å². The van der Waals surface area contributed by atoms with Crippen LogP contribution in [-0.4, -0.2) is 11.2 Å². The summed E-state index contributed by atoms with van der Waals surface area (Å²) in [4.78, 5) is 3.83. The number of alkyl halides is 3. The molecule has 0 saturated carbocycles. The van der Waals surface area contributed by atoms with Gasteiger partial charge in [-0.3, -0.25) is 4.98 Å². The first-order valence-corrected chi connectivity index (χ1v) is 4.82. The standard InChI is InChI=1S/C12H12F3N/c1-3-11(12(13,14)15)7-9(2)10-5-4-6-16-8-10/h4-8H,2-3H2,1H3/b11-7+. The monoisotopic (exact) mass is 227 g/mol. The van der Waals surface area contributed by atoms with Crippen molar-refractivity contribution in [2.45, 2.75) is 19.5 Å². The summed E-state index contributed by atoms with van der Waals surface area (Å²) in [6.07, 6.45) is -0.243. The molecular weight excluding hydrogens is 215 g/mol. The largest absolute Gasteiger partial charge is 0.412 e. The molecule has 0 aliphatic rings. The first-order chi connectivity index (χ1) is 7.45. The molecule has 0 N–H and O–H groups in total. The first kappa shape index (κ1) is 12.5. The van der Waals surface area contributed by atoms with E-state index in [2.05, 4.69) is 11.6 Å². The number of aromatic nitrogens is 1. The molecular formula is C12H12F3N. The normalized spacial score (nSPS) is 12.6. The van der Waals surface area contributed by atoms with Crippen LogP contribution in [0.5, 0.6) is 0 Å². The van der Waals surface area contributed by atoms with Gasteiger partial charge in [-0.15, -0.1) is 0 Å². The highest BCUT2D eigenvalue weighted by molar-refractivity contribution is 5.72. The van der Waals surface area contributed by atoms with Crippen molar-refractivity contribution < 1.29 is 13.2 Å². The Kier molecular flexibility index (Phi) is 3.88. The summed E-state index contributed by atoms with van der Waals surface area (Å²) in [5, 5.41) is 0. The van der Waals surface area contributed by atoms with Gasteiger partial charge in [0.25, 0.3) is 0 Å². The molecule has 0 fully saturated rings. The van der Waals surface area contributed by atoms with Gasteiger partial charge in [0, 0.05) is 18.0 Å². The van der Waals surface area contributed by atoms with Crippen molar-refractivity contribution >= 4 is 5.57 Å². The Hall–Kier alpha value is -1.58. The Balaban J connectivity index is 2.96. The Morgan fingerprint density at radius 1 is 1.50 bits per heavy atom. The SMILES string of the molecule is C=C(/C=C(\CC)C(F)(F)F)c1cccnc1. The van der Waals surface area contributed by atoms with Crippen LogP contribution in [0.2, 0.25) is 0 Å². The van der Waals surface area contributed by atoms with E-state index in [1.165, 1.54) is 13.1 Å². The van der Waals surface area contributed by atoms with E-state index in [1.807, 2.05) is 0 Å². The summed E-state index contributed by atoms with van der Waals surface area (Å²) in [6.45, 7) is 5.08. The van der Waals surface area contributed by atoms with Crippen LogP contribution in [0.1, 0.15) is 18.9 Å². The van der Waals surface area contributed by atoms with Gasteiger partial charge >= 0.3 is 6.18 Å². The molecule has 4 heteroatoms. The number of halogens is 3. The maximum absolute atomic E-state index is 12.5. The zero-order chi connectivity index (χ0) is 12.2. The molecule has 0 radical (unpaired) electrons. The van der Waals surface area contributed by atoms with Crippen molar-refractivity contribution in [3.05, 3.63) is 48.3 Å². The van der Waals surface area contributed by atoms with Gasteiger partial charge in [-0.2, -0.15) is 13.2 Å². The third kappa shape index (κ3) is 3.22. The molecule has 0 aromatic carbocycles. The minimum Gasteiger partial charge on any atom is -0.264 e. The van der Waals surface area contributed by atoms with E-state index in [1.54, 1.807) is 18.3 Å². The molecule has 0 aliphatic carbocycles. The molecule has 1 aromatic rings. The Morgan fingerprint density at radius 3 is 2.62 bits per heavy atom. The summed E-state index contributed by atoms with van der Waals surface area (Å²) in [7, 11) is 0. The van der Waals surface area contributed by atoms with E-state index in [0.29, 0.717) is 11.1 Å². The predicted molar refractivity (Wildman–Crippen MR) is 57.7 cm³/mol. The highest BCUT2D eigenvalue weighted by atomic mass is 19.4.